The Morgan fingerprint density at radius 3 is 2.61 bits per heavy atom. The summed E-state index contributed by atoms with van der Waals surface area (Å²) in [6, 6.07) is 2.85. The number of hydrogen-bond acceptors (Lipinski definition) is 4. The van der Waals surface area contributed by atoms with Gasteiger partial charge in [0.1, 0.15) is 5.75 Å². The zero-order chi connectivity index (χ0) is 13.4. The maximum Gasteiger partial charge on any atom is 0.358 e. The Kier molecular flexibility index (Phi) is 3.00. The molecule has 0 aliphatic carbocycles. The number of halogens is 1. The Morgan fingerprint density at radius 2 is 2.06 bits per heavy atom. The van der Waals surface area contributed by atoms with E-state index >= 15 is 0 Å². The van der Waals surface area contributed by atoms with Crippen molar-refractivity contribution in [3.8, 4) is 17.1 Å². The van der Waals surface area contributed by atoms with Gasteiger partial charge < -0.3 is 14.7 Å². The van der Waals surface area contributed by atoms with Gasteiger partial charge in [-0.15, -0.1) is 0 Å². The minimum absolute atomic E-state index is 0.0997. The van der Waals surface area contributed by atoms with Crippen molar-refractivity contribution in [3.63, 3.8) is 0 Å². The Bertz CT molecular complexity index is 633. The molecule has 0 fully saturated rings. The number of nitrogens with zero attached hydrogens (tertiary/aromatic N) is 1. The number of phenolic OH excluding ortho intramolecular Hbond substituents is 1. The molecule has 0 spiro atoms. The summed E-state index contributed by atoms with van der Waals surface area (Å²) in [5.41, 5.74) is 1.40. The monoisotopic (exact) mass is 267 g/mol. The van der Waals surface area contributed by atoms with Gasteiger partial charge in [-0.25, -0.2) is 4.79 Å². The fraction of sp³-hybridized carbons (Fsp3) is 0.167. The van der Waals surface area contributed by atoms with E-state index in [0.29, 0.717) is 21.7 Å². The van der Waals surface area contributed by atoms with Crippen molar-refractivity contribution in [2.24, 2.45) is 0 Å². The van der Waals surface area contributed by atoms with E-state index in [9.17, 15) is 9.90 Å². The Hall–Kier alpha value is -2.01. The summed E-state index contributed by atoms with van der Waals surface area (Å²) in [6.07, 6.45) is 0. The number of phenols is 1. The number of hydrogen-bond donors (Lipinski definition) is 2. The average Bonchev–Trinajstić information content (AvgIpc) is 2.75. The van der Waals surface area contributed by atoms with E-state index in [-0.39, 0.29) is 17.2 Å². The van der Waals surface area contributed by atoms with Crippen LogP contribution in [0.15, 0.2) is 16.7 Å². The lowest BCUT2D eigenvalue weighted by Gasteiger charge is -2.09. The van der Waals surface area contributed by atoms with E-state index in [1.165, 1.54) is 6.07 Å². The second-order valence-electron chi connectivity index (χ2n) is 3.91. The Morgan fingerprint density at radius 1 is 1.39 bits per heavy atom. The van der Waals surface area contributed by atoms with E-state index in [1.54, 1.807) is 19.9 Å². The predicted octanol–water partition coefficient (Wildman–Crippen LogP) is 3.02. The maximum atomic E-state index is 10.7. The lowest BCUT2D eigenvalue weighted by molar-refractivity contribution is 0.0686. The molecule has 0 atom stereocenters. The summed E-state index contributed by atoms with van der Waals surface area (Å²) in [6.45, 7) is 3.40. The van der Waals surface area contributed by atoms with Gasteiger partial charge in [-0.1, -0.05) is 16.8 Å². The fourth-order valence-electron chi connectivity index (χ4n) is 1.72. The molecule has 94 valence electrons. The van der Waals surface area contributed by atoms with Crippen LogP contribution >= 0.6 is 11.6 Å². The molecule has 0 saturated heterocycles. The van der Waals surface area contributed by atoms with Gasteiger partial charge in [-0.2, -0.15) is 0 Å². The first-order valence-electron chi connectivity index (χ1n) is 5.11. The highest BCUT2D eigenvalue weighted by Crippen LogP contribution is 2.38. The highest BCUT2D eigenvalue weighted by molar-refractivity contribution is 6.33. The second-order valence-corrected chi connectivity index (χ2v) is 4.31. The summed E-state index contributed by atoms with van der Waals surface area (Å²) in [5, 5.41) is 22.4. The number of carboxylic acids is 1. The van der Waals surface area contributed by atoms with Crippen LogP contribution in [0, 0.1) is 13.8 Å². The lowest BCUT2D eigenvalue weighted by atomic mass is 10.0. The molecule has 0 saturated carbocycles. The predicted molar refractivity (Wildman–Crippen MR) is 65.0 cm³/mol. The number of carboxylic acid groups (broad SMARTS) is 1. The molecule has 18 heavy (non-hydrogen) atoms. The van der Waals surface area contributed by atoms with Crippen molar-refractivity contribution in [3.05, 3.63) is 34.0 Å². The van der Waals surface area contributed by atoms with Crippen molar-refractivity contribution in [2.75, 3.05) is 0 Å². The molecule has 1 heterocycles. The minimum Gasteiger partial charge on any atom is -0.507 e. The number of aromatic carboxylic acids is 1. The molecular formula is C12H10ClNO4. The first-order valence-corrected chi connectivity index (χ1v) is 5.48. The number of benzene rings is 1. The Labute approximate surface area is 108 Å². The summed E-state index contributed by atoms with van der Waals surface area (Å²) >= 11 is 6.08. The van der Waals surface area contributed by atoms with E-state index in [1.807, 2.05) is 0 Å². The second kappa shape index (κ2) is 4.34. The maximum absolute atomic E-state index is 10.7. The van der Waals surface area contributed by atoms with E-state index in [4.69, 9.17) is 21.2 Å². The zero-order valence-corrected chi connectivity index (χ0v) is 10.4. The number of aryl methyl sites for hydroxylation is 1. The molecule has 5 nitrogen and oxygen atoms in total. The molecule has 0 aliphatic heterocycles. The van der Waals surface area contributed by atoms with Crippen molar-refractivity contribution in [1.82, 2.24) is 5.16 Å². The molecule has 0 bridgehead atoms. The third kappa shape index (κ3) is 1.93. The minimum atomic E-state index is -1.19. The normalized spacial score (nSPS) is 10.6. The van der Waals surface area contributed by atoms with Gasteiger partial charge in [-0.3, -0.25) is 0 Å². The Balaban J connectivity index is 2.63. The standard InChI is InChI=1S/C12H10ClNO4/c1-5-3-7(13)10(6(2)11(5)15)9-4-8(12(16)17)14-18-9/h3-4,15H,1-2H3,(H,16,17). The number of aromatic nitrogens is 1. The first kappa shape index (κ1) is 12.4. The molecule has 1 aromatic carbocycles. The van der Waals surface area contributed by atoms with Crippen LogP contribution in [-0.4, -0.2) is 21.3 Å². The topological polar surface area (TPSA) is 83.6 Å². The first-order chi connectivity index (χ1) is 8.41. The van der Waals surface area contributed by atoms with Crippen molar-refractivity contribution >= 4 is 17.6 Å². The smallest absolute Gasteiger partial charge is 0.358 e. The SMILES string of the molecule is Cc1cc(Cl)c(-c2cc(C(=O)O)no2)c(C)c1O. The van der Waals surface area contributed by atoms with Crippen LogP contribution in [0.5, 0.6) is 5.75 Å². The van der Waals surface area contributed by atoms with Crippen LogP contribution in [-0.2, 0) is 0 Å². The highest BCUT2D eigenvalue weighted by Gasteiger charge is 2.19. The van der Waals surface area contributed by atoms with Gasteiger partial charge in [-0.05, 0) is 25.5 Å². The van der Waals surface area contributed by atoms with Crippen LogP contribution in [0.25, 0.3) is 11.3 Å². The third-order valence-electron chi connectivity index (χ3n) is 2.66. The summed E-state index contributed by atoms with van der Waals surface area (Å²) in [5.74, 6) is -0.872. The summed E-state index contributed by atoms with van der Waals surface area (Å²) in [4.78, 5) is 10.7. The zero-order valence-electron chi connectivity index (χ0n) is 9.69. The van der Waals surface area contributed by atoms with Gasteiger partial charge in [0, 0.05) is 17.2 Å². The van der Waals surface area contributed by atoms with Crippen LogP contribution in [0.1, 0.15) is 21.6 Å². The summed E-state index contributed by atoms with van der Waals surface area (Å²) in [7, 11) is 0. The van der Waals surface area contributed by atoms with E-state index < -0.39 is 5.97 Å². The van der Waals surface area contributed by atoms with Crippen molar-refractivity contribution in [2.45, 2.75) is 13.8 Å². The fourth-order valence-corrected chi connectivity index (χ4v) is 2.12. The average molecular weight is 268 g/mol. The van der Waals surface area contributed by atoms with Crippen LogP contribution in [0.2, 0.25) is 5.02 Å². The van der Waals surface area contributed by atoms with Gasteiger partial charge in [0.25, 0.3) is 0 Å². The molecular weight excluding hydrogens is 258 g/mol. The van der Waals surface area contributed by atoms with Crippen molar-refractivity contribution in [1.29, 1.82) is 0 Å². The molecule has 0 amide bonds. The van der Waals surface area contributed by atoms with Gasteiger partial charge in [0.15, 0.2) is 11.5 Å². The largest absolute Gasteiger partial charge is 0.507 e. The van der Waals surface area contributed by atoms with Crippen LogP contribution in [0.3, 0.4) is 0 Å². The number of aromatic hydroxyl groups is 1. The lowest BCUT2D eigenvalue weighted by Crippen LogP contribution is -1.94. The molecule has 6 heteroatoms. The third-order valence-corrected chi connectivity index (χ3v) is 2.96. The number of carbonyl (C=O) groups is 1. The molecule has 0 radical (unpaired) electrons. The molecule has 0 unspecified atom stereocenters. The van der Waals surface area contributed by atoms with E-state index in [2.05, 4.69) is 5.16 Å². The quantitative estimate of drug-likeness (QED) is 0.874. The van der Waals surface area contributed by atoms with Crippen LogP contribution in [0.4, 0.5) is 0 Å². The molecule has 2 aromatic rings. The summed E-state index contributed by atoms with van der Waals surface area (Å²) < 4.78 is 4.94. The molecule has 2 N–H and O–H groups in total. The molecule has 2 rings (SSSR count). The van der Waals surface area contributed by atoms with Gasteiger partial charge >= 0.3 is 5.97 Å². The van der Waals surface area contributed by atoms with E-state index in [0.717, 1.165) is 0 Å². The van der Waals surface area contributed by atoms with Crippen LogP contribution < -0.4 is 0 Å². The van der Waals surface area contributed by atoms with Crippen molar-refractivity contribution < 1.29 is 19.5 Å². The highest BCUT2D eigenvalue weighted by atomic mass is 35.5. The molecule has 0 aliphatic rings. The number of rotatable bonds is 2. The van der Waals surface area contributed by atoms with Gasteiger partial charge in [0.2, 0.25) is 0 Å². The molecule has 1 aromatic heterocycles. The van der Waals surface area contributed by atoms with Gasteiger partial charge in [0.05, 0.1) is 5.02 Å².